The average molecular weight is 239 g/mol. The number of thiazole rings is 1. The van der Waals surface area contributed by atoms with Crippen LogP contribution < -0.4 is 5.73 Å². The van der Waals surface area contributed by atoms with E-state index in [4.69, 9.17) is 5.73 Å². The molecular formula is C12H21N3S. The molecule has 0 bridgehead atoms. The van der Waals surface area contributed by atoms with Crippen molar-refractivity contribution < 1.29 is 0 Å². The number of piperidine rings is 1. The van der Waals surface area contributed by atoms with Crippen molar-refractivity contribution in [3.8, 4) is 0 Å². The molecule has 1 fully saturated rings. The molecule has 4 heteroatoms. The molecule has 0 unspecified atom stereocenters. The molecule has 0 aliphatic carbocycles. The second-order valence-corrected chi connectivity index (χ2v) is 6.02. The highest BCUT2D eigenvalue weighted by molar-refractivity contribution is 7.09. The first-order valence-electron chi connectivity index (χ1n) is 6.03. The van der Waals surface area contributed by atoms with Crippen LogP contribution in [-0.2, 0) is 13.1 Å². The third-order valence-electron chi connectivity index (χ3n) is 3.11. The Bertz CT molecular complexity index is 327. The molecule has 1 saturated heterocycles. The van der Waals surface area contributed by atoms with Gasteiger partial charge < -0.3 is 5.73 Å². The molecule has 0 radical (unpaired) electrons. The van der Waals surface area contributed by atoms with E-state index in [1.165, 1.54) is 24.5 Å². The molecule has 0 aromatic carbocycles. The summed E-state index contributed by atoms with van der Waals surface area (Å²) in [5.41, 5.74) is 6.60. The van der Waals surface area contributed by atoms with E-state index >= 15 is 0 Å². The summed E-state index contributed by atoms with van der Waals surface area (Å²) in [4.78, 5) is 7.05. The maximum atomic E-state index is 5.57. The zero-order valence-electron chi connectivity index (χ0n) is 10.1. The van der Waals surface area contributed by atoms with Gasteiger partial charge in [-0.15, -0.1) is 11.3 Å². The Hall–Kier alpha value is -0.450. The Kier molecular flexibility index (Phi) is 3.95. The van der Waals surface area contributed by atoms with Gasteiger partial charge in [0.15, 0.2) is 0 Å². The van der Waals surface area contributed by atoms with Gasteiger partial charge in [-0.25, -0.2) is 4.98 Å². The molecule has 1 aromatic heterocycles. The third kappa shape index (κ3) is 3.03. The van der Waals surface area contributed by atoms with E-state index in [-0.39, 0.29) is 0 Å². The quantitative estimate of drug-likeness (QED) is 0.878. The molecule has 3 nitrogen and oxygen atoms in total. The van der Waals surface area contributed by atoms with Crippen LogP contribution in [0.3, 0.4) is 0 Å². The largest absolute Gasteiger partial charge is 0.325 e. The number of aromatic nitrogens is 1. The highest BCUT2D eigenvalue weighted by atomic mass is 32.1. The SMILES string of the molecule is C[C@@H]1C[C@H](C)CN(Cc2nc(CN)cs2)C1. The Morgan fingerprint density at radius 1 is 1.44 bits per heavy atom. The molecule has 1 aromatic rings. The predicted octanol–water partition coefficient (Wildman–Crippen LogP) is 2.08. The number of nitrogens with two attached hydrogens (primary N) is 1. The average Bonchev–Trinajstić information content (AvgIpc) is 2.64. The van der Waals surface area contributed by atoms with Gasteiger partial charge in [0.2, 0.25) is 0 Å². The minimum atomic E-state index is 0.559. The molecular weight excluding hydrogens is 218 g/mol. The first-order valence-corrected chi connectivity index (χ1v) is 6.91. The highest BCUT2D eigenvalue weighted by Gasteiger charge is 2.22. The van der Waals surface area contributed by atoms with Gasteiger partial charge in [0.05, 0.1) is 12.2 Å². The van der Waals surface area contributed by atoms with E-state index in [0.717, 1.165) is 24.1 Å². The number of hydrogen-bond donors (Lipinski definition) is 1. The molecule has 2 atom stereocenters. The summed E-state index contributed by atoms with van der Waals surface area (Å²) in [5.74, 6) is 1.63. The van der Waals surface area contributed by atoms with E-state index in [1.54, 1.807) is 11.3 Å². The second-order valence-electron chi connectivity index (χ2n) is 5.08. The lowest BCUT2D eigenvalue weighted by Gasteiger charge is -2.34. The fourth-order valence-corrected chi connectivity index (χ4v) is 3.48. The second kappa shape index (κ2) is 5.25. The van der Waals surface area contributed by atoms with Gasteiger partial charge in [0.1, 0.15) is 5.01 Å². The van der Waals surface area contributed by atoms with Gasteiger partial charge in [-0.05, 0) is 18.3 Å². The Balaban J connectivity index is 1.93. The summed E-state index contributed by atoms with van der Waals surface area (Å²) < 4.78 is 0. The molecule has 1 aliphatic heterocycles. The molecule has 0 amide bonds. The van der Waals surface area contributed by atoms with E-state index in [2.05, 4.69) is 29.1 Å². The smallest absolute Gasteiger partial charge is 0.107 e. The van der Waals surface area contributed by atoms with E-state index in [9.17, 15) is 0 Å². The van der Waals surface area contributed by atoms with Crippen LogP contribution in [0.25, 0.3) is 0 Å². The predicted molar refractivity (Wildman–Crippen MR) is 68.2 cm³/mol. The topological polar surface area (TPSA) is 42.2 Å². The van der Waals surface area contributed by atoms with Crippen LogP contribution in [0.2, 0.25) is 0 Å². The summed E-state index contributed by atoms with van der Waals surface area (Å²) in [6.45, 7) is 8.66. The van der Waals surface area contributed by atoms with Crippen molar-refractivity contribution in [2.45, 2.75) is 33.4 Å². The van der Waals surface area contributed by atoms with E-state index < -0.39 is 0 Å². The normalized spacial score (nSPS) is 27.2. The summed E-state index contributed by atoms with van der Waals surface area (Å²) in [7, 11) is 0. The number of rotatable bonds is 3. The van der Waals surface area contributed by atoms with Crippen LogP contribution in [0.15, 0.2) is 5.38 Å². The summed E-state index contributed by atoms with van der Waals surface area (Å²) >= 11 is 1.74. The van der Waals surface area contributed by atoms with Crippen molar-refractivity contribution >= 4 is 11.3 Å². The van der Waals surface area contributed by atoms with E-state index in [0.29, 0.717) is 6.54 Å². The summed E-state index contributed by atoms with van der Waals surface area (Å²) in [6, 6.07) is 0. The zero-order valence-corrected chi connectivity index (χ0v) is 11.0. The van der Waals surface area contributed by atoms with Crippen molar-refractivity contribution in [1.29, 1.82) is 0 Å². The maximum Gasteiger partial charge on any atom is 0.107 e. The van der Waals surface area contributed by atoms with Gasteiger partial charge >= 0.3 is 0 Å². The van der Waals surface area contributed by atoms with Gasteiger partial charge in [-0.1, -0.05) is 13.8 Å². The van der Waals surface area contributed by atoms with Crippen molar-refractivity contribution in [3.63, 3.8) is 0 Å². The Labute approximate surface area is 102 Å². The van der Waals surface area contributed by atoms with Crippen LogP contribution in [0, 0.1) is 11.8 Å². The minimum absolute atomic E-state index is 0.559. The highest BCUT2D eigenvalue weighted by Crippen LogP contribution is 2.23. The third-order valence-corrected chi connectivity index (χ3v) is 3.99. The summed E-state index contributed by atoms with van der Waals surface area (Å²) in [5, 5.41) is 3.29. The van der Waals surface area contributed by atoms with Crippen LogP contribution in [0.5, 0.6) is 0 Å². The monoisotopic (exact) mass is 239 g/mol. The van der Waals surface area contributed by atoms with Crippen LogP contribution in [0.4, 0.5) is 0 Å². The van der Waals surface area contributed by atoms with Gasteiger partial charge in [0, 0.05) is 25.0 Å². The van der Waals surface area contributed by atoms with Gasteiger partial charge in [0.25, 0.3) is 0 Å². The number of hydrogen-bond acceptors (Lipinski definition) is 4. The fourth-order valence-electron chi connectivity index (χ4n) is 2.63. The summed E-state index contributed by atoms with van der Waals surface area (Å²) in [6.07, 6.45) is 1.36. The number of likely N-dealkylation sites (tertiary alicyclic amines) is 1. The van der Waals surface area contributed by atoms with Gasteiger partial charge in [-0.2, -0.15) is 0 Å². The first-order chi connectivity index (χ1) is 7.67. The Morgan fingerprint density at radius 3 is 2.69 bits per heavy atom. The lowest BCUT2D eigenvalue weighted by atomic mass is 9.92. The van der Waals surface area contributed by atoms with Crippen LogP contribution in [-0.4, -0.2) is 23.0 Å². The van der Waals surface area contributed by atoms with Crippen LogP contribution in [0.1, 0.15) is 31.0 Å². The minimum Gasteiger partial charge on any atom is -0.325 e. The first kappa shape index (κ1) is 12.0. The molecule has 2 N–H and O–H groups in total. The molecule has 90 valence electrons. The lowest BCUT2D eigenvalue weighted by molar-refractivity contribution is 0.134. The molecule has 1 aliphatic rings. The van der Waals surface area contributed by atoms with Crippen molar-refractivity contribution in [1.82, 2.24) is 9.88 Å². The fraction of sp³-hybridized carbons (Fsp3) is 0.750. The molecule has 0 saturated carbocycles. The van der Waals surface area contributed by atoms with Crippen LogP contribution >= 0.6 is 11.3 Å². The lowest BCUT2D eigenvalue weighted by Crippen LogP contribution is -2.38. The van der Waals surface area contributed by atoms with Crippen molar-refractivity contribution in [2.75, 3.05) is 13.1 Å². The molecule has 2 rings (SSSR count). The molecule has 16 heavy (non-hydrogen) atoms. The van der Waals surface area contributed by atoms with Crippen molar-refractivity contribution in [2.24, 2.45) is 17.6 Å². The Morgan fingerprint density at radius 2 is 2.12 bits per heavy atom. The van der Waals surface area contributed by atoms with E-state index in [1.807, 2.05) is 0 Å². The van der Waals surface area contributed by atoms with Crippen molar-refractivity contribution in [3.05, 3.63) is 16.1 Å². The van der Waals surface area contributed by atoms with Gasteiger partial charge in [-0.3, -0.25) is 4.90 Å². The maximum absolute atomic E-state index is 5.57. The molecule has 2 heterocycles. The zero-order chi connectivity index (χ0) is 11.5. The standard InChI is InChI=1S/C12H21N3S/c1-9-3-10(2)6-15(5-9)7-12-14-11(4-13)8-16-12/h8-10H,3-7,13H2,1-2H3/t9-,10+. The molecule has 0 spiro atoms. The number of nitrogens with zero attached hydrogens (tertiary/aromatic N) is 2.